The highest BCUT2D eigenvalue weighted by Crippen LogP contribution is 2.21. The fraction of sp³-hybridized carbons (Fsp3) is 0.0714. The summed E-state index contributed by atoms with van der Waals surface area (Å²) in [6.45, 7) is 1.96. The van der Waals surface area contributed by atoms with Crippen LogP contribution >= 0.6 is 0 Å². The van der Waals surface area contributed by atoms with Gasteiger partial charge in [0.15, 0.2) is 5.65 Å². The van der Waals surface area contributed by atoms with Gasteiger partial charge in [-0.3, -0.25) is 0 Å². The van der Waals surface area contributed by atoms with Gasteiger partial charge in [0.05, 0.1) is 34.9 Å². The van der Waals surface area contributed by atoms with Crippen molar-refractivity contribution >= 4 is 16.7 Å². The quantitative estimate of drug-likeness (QED) is 0.564. The van der Waals surface area contributed by atoms with E-state index >= 15 is 0 Å². The van der Waals surface area contributed by atoms with Gasteiger partial charge in [0.25, 0.3) is 0 Å². The maximum absolute atomic E-state index is 4.58. The molecule has 0 radical (unpaired) electrons. The van der Waals surface area contributed by atoms with Crippen LogP contribution in [0.1, 0.15) is 5.69 Å². The Hall–Kier alpha value is -2.69. The van der Waals surface area contributed by atoms with E-state index in [-0.39, 0.29) is 0 Å². The number of H-pyrrole nitrogens is 1. The number of nitrogens with zero attached hydrogens (tertiary/aromatic N) is 4. The maximum Gasteiger partial charge on any atom is 0.153 e. The third kappa shape index (κ3) is 1.59. The first-order valence-electron chi connectivity index (χ1n) is 6.06. The molecule has 0 saturated heterocycles. The summed E-state index contributed by atoms with van der Waals surface area (Å²) in [5, 5.41) is 4.58. The zero-order valence-corrected chi connectivity index (χ0v) is 10.3. The zero-order chi connectivity index (χ0) is 12.8. The molecule has 0 amide bonds. The molecular formula is C14H11N5. The lowest BCUT2D eigenvalue weighted by Crippen LogP contribution is -1.92. The van der Waals surface area contributed by atoms with Crippen molar-refractivity contribution in [3.8, 4) is 11.3 Å². The van der Waals surface area contributed by atoms with Gasteiger partial charge in [-0.15, -0.1) is 0 Å². The molecule has 0 spiro atoms. The number of nitrogens with one attached hydrogen (secondary N) is 1. The average Bonchev–Trinajstić information content (AvgIpc) is 3.01. The van der Waals surface area contributed by atoms with Gasteiger partial charge in [0.2, 0.25) is 0 Å². The first kappa shape index (κ1) is 10.3. The van der Waals surface area contributed by atoms with Crippen molar-refractivity contribution in [3.63, 3.8) is 0 Å². The zero-order valence-electron chi connectivity index (χ0n) is 10.3. The third-order valence-corrected chi connectivity index (χ3v) is 3.16. The van der Waals surface area contributed by atoms with Crippen molar-refractivity contribution in [2.45, 2.75) is 6.92 Å². The number of rotatable bonds is 1. The van der Waals surface area contributed by atoms with Crippen LogP contribution in [-0.4, -0.2) is 24.6 Å². The Bertz CT molecular complexity index is 887. The van der Waals surface area contributed by atoms with Crippen molar-refractivity contribution in [1.29, 1.82) is 0 Å². The Labute approximate surface area is 108 Å². The van der Waals surface area contributed by atoms with E-state index in [4.69, 9.17) is 0 Å². The summed E-state index contributed by atoms with van der Waals surface area (Å²) in [6.07, 6.45) is 3.62. The molecule has 5 nitrogen and oxygen atoms in total. The minimum Gasteiger partial charge on any atom is -0.345 e. The summed E-state index contributed by atoms with van der Waals surface area (Å²) in [5.41, 5.74) is 5.79. The normalized spacial score (nSPS) is 11.4. The number of aryl methyl sites for hydroxylation is 1. The molecule has 0 saturated carbocycles. The summed E-state index contributed by atoms with van der Waals surface area (Å²) in [7, 11) is 0. The first-order chi connectivity index (χ1) is 9.29. The van der Waals surface area contributed by atoms with Gasteiger partial charge in [-0.1, -0.05) is 6.07 Å². The van der Waals surface area contributed by atoms with Gasteiger partial charge in [0.1, 0.15) is 0 Å². The molecule has 0 aliphatic carbocycles. The summed E-state index contributed by atoms with van der Waals surface area (Å²) in [6, 6.07) is 10.0. The molecule has 1 aromatic carbocycles. The van der Waals surface area contributed by atoms with E-state index in [2.05, 4.69) is 26.1 Å². The summed E-state index contributed by atoms with van der Waals surface area (Å²) >= 11 is 0. The SMILES string of the molecule is Cc1cn2nc(-c3ccc4nc[nH]c4c3)ccc2n1. The first-order valence-corrected chi connectivity index (χ1v) is 6.06. The maximum atomic E-state index is 4.58. The summed E-state index contributed by atoms with van der Waals surface area (Å²) in [5.74, 6) is 0. The Morgan fingerprint density at radius 3 is 3.05 bits per heavy atom. The lowest BCUT2D eigenvalue weighted by atomic mass is 10.1. The number of hydrogen-bond donors (Lipinski definition) is 1. The van der Waals surface area contributed by atoms with Gasteiger partial charge in [-0.05, 0) is 31.2 Å². The third-order valence-electron chi connectivity index (χ3n) is 3.16. The monoisotopic (exact) mass is 249 g/mol. The van der Waals surface area contributed by atoms with Gasteiger partial charge >= 0.3 is 0 Å². The van der Waals surface area contributed by atoms with Crippen LogP contribution in [0.4, 0.5) is 0 Å². The molecular weight excluding hydrogens is 238 g/mol. The van der Waals surface area contributed by atoms with Crippen LogP contribution in [0.15, 0.2) is 42.9 Å². The highest BCUT2D eigenvalue weighted by molar-refractivity contribution is 5.80. The van der Waals surface area contributed by atoms with Crippen LogP contribution in [0.5, 0.6) is 0 Å². The van der Waals surface area contributed by atoms with Crippen LogP contribution in [-0.2, 0) is 0 Å². The van der Waals surface area contributed by atoms with Crippen LogP contribution < -0.4 is 0 Å². The Kier molecular flexibility index (Phi) is 1.97. The molecule has 0 aliphatic heterocycles. The van der Waals surface area contributed by atoms with Crippen molar-refractivity contribution in [2.24, 2.45) is 0 Å². The second-order valence-electron chi connectivity index (χ2n) is 4.54. The minimum atomic E-state index is 0.865. The second-order valence-corrected chi connectivity index (χ2v) is 4.54. The predicted octanol–water partition coefficient (Wildman–Crippen LogP) is 2.58. The van der Waals surface area contributed by atoms with Gasteiger partial charge in [-0.2, -0.15) is 5.10 Å². The summed E-state index contributed by atoms with van der Waals surface area (Å²) in [4.78, 5) is 11.7. The molecule has 0 fully saturated rings. The molecule has 0 bridgehead atoms. The minimum absolute atomic E-state index is 0.865. The largest absolute Gasteiger partial charge is 0.345 e. The standard InChI is InChI=1S/C14H11N5/c1-9-7-19-14(17-9)5-4-11(18-19)10-2-3-12-13(6-10)16-8-15-12/h2-8H,1H3,(H,15,16). The second kappa shape index (κ2) is 3.65. The molecule has 0 aliphatic rings. The highest BCUT2D eigenvalue weighted by atomic mass is 15.2. The highest BCUT2D eigenvalue weighted by Gasteiger charge is 2.05. The van der Waals surface area contributed by atoms with E-state index < -0.39 is 0 Å². The summed E-state index contributed by atoms with van der Waals surface area (Å²) < 4.78 is 1.81. The van der Waals surface area contributed by atoms with Crippen LogP contribution in [0.2, 0.25) is 0 Å². The number of fused-ring (bicyclic) bond motifs is 2. The number of benzene rings is 1. The molecule has 1 N–H and O–H groups in total. The van der Waals surface area contributed by atoms with E-state index in [1.807, 2.05) is 41.9 Å². The lowest BCUT2D eigenvalue weighted by molar-refractivity contribution is 0.941. The Balaban J connectivity index is 1.91. The Morgan fingerprint density at radius 2 is 2.11 bits per heavy atom. The Morgan fingerprint density at radius 1 is 1.16 bits per heavy atom. The van der Waals surface area contributed by atoms with Gasteiger partial charge < -0.3 is 4.98 Å². The lowest BCUT2D eigenvalue weighted by Gasteiger charge is -2.01. The van der Waals surface area contributed by atoms with Gasteiger partial charge in [0, 0.05) is 5.56 Å². The molecule has 5 heteroatoms. The molecule has 3 aromatic heterocycles. The van der Waals surface area contributed by atoms with E-state index in [9.17, 15) is 0 Å². The van der Waals surface area contributed by atoms with E-state index in [1.165, 1.54) is 0 Å². The van der Waals surface area contributed by atoms with Crippen molar-refractivity contribution in [2.75, 3.05) is 0 Å². The average molecular weight is 249 g/mol. The number of hydrogen-bond acceptors (Lipinski definition) is 3. The smallest absolute Gasteiger partial charge is 0.153 e. The predicted molar refractivity (Wildman–Crippen MR) is 72.8 cm³/mol. The number of aromatic amines is 1. The molecule has 92 valence electrons. The van der Waals surface area contributed by atoms with Crippen molar-refractivity contribution in [3.05, 3.63) is 48.5 Å². The van der Waals surface area contributed by atoms with Gasteiger partial charge in [-0.25, -0.2) is 14.5 Å². The van der Waals surface area contributed by atoms with Crippen LogP contribution in [0.3, 0.4) is 0 Å². The van der Waals surface area contributed by atoms with Crippen LogP contribution in [0, 0.1) is 6.92 Å². The molecule has 3 heterocycles. The number of imidazole rings is 2. The molecule has 4 rings (SSSR count). The van der Waals surface area contributed by atoms with E-state index in [0.29, 0.717) is 0 Å². The molecule has 19 heavy (non-hydrogen) atoms. The number of aromatic nitrogens is 5. The topological polar surface area (TPSA) is 58.9 Å². The molecule has 4 aromatic rings. The van der Waals surface area contributed by atoms with Crippen molar-refractivity contribution < 1.29 is 0 Å². The van der Waals surface area contributed by atoms with E-state index in [0.717, 1.165) is 33.6 Å². The fourth-order valence-electron chi connectivity index (χ4n) is 2.25. The van der Waals surface area contributed by atoms with Crippen molar-refractivity contribution in [1.82, 2.24) is 24.6 Å². The van der Waals surface area contributed by atoms with Crippen LogP contribution in [0.25, 0.3) is 27.9 Å². The fourth-order valence-corrected chi connectivity index (χ4v) is 2.25. The van der Waals surface area contributed by atoms with E-state index in [1.54, 1.807) is 6.33 Å². The molecule has 0 atom stereocenters. The molecule has 0 unspecified atom stereocenters.